The number of nitrogens with zero attached hydrogens (tertiary/aromatic N) is 1. The lowest BCUT2D eigenvalue weighted by Gasteiger charge is -2.19. The van der Waals surface area contributed by atoms with Crippen molar-refractivity contribution in [3.05, 3.63) is 54.6 Å². The molecular weight excluding hydrogens is 340 g/mol. The monoisotopic (exact) mass is 362 g/mol. The molecule has 2 unspecified atom stereocenters. The van der Waals surface area contributed by atoms with E-state index in [0.29, 0.717) is 5.69 Å². The number of likely N-dealkylation sites (tertiary alicyclic amines) is 1. The van der Waals surface area contributed by atoms with Crippen LogP contribution in [-0.4, -0.2) is 29.2 Å². The van der Waals surface area contributed by atoms with Crippen LogP contribution in [0.2, 0.25) is 0 Å². The molecule has 0 bridgehead atoms. The van der Waals surface area contributed by atoms with Gasteiger partial charge < -0.3 is 5.32 Å². The Balaban J connectivity index is 1.39. The van der Waals surface area contributed by atoms with E-state index in [1.165, 1.54) is 0 Å². The number of rotatable bonds is 4. The van der Waals surface area contributed by atoms with Crippen molar-refractivity contribution >= 4 is 23.4 Å². The van der Waals surface area contributed by atoms with Crippen LogP contribution >= 0.6 is 0 Å². The summed E-state index contributed by atoms with van der Waals surface area (Å²) in [7, 11) is 0. The number of benzene rings is 2. The van der Waals surface area contributed by atoms with Gasteiger partial charge in [-0.3, -0.25) is 19.3 Å². The number of amides is 3. The zero-order chi connectivity index (χ0) is 18.8. The topological polar surface area (TPSA) is 66.5 Å². The lowest BCUT2D eigenvalue weighted by molar-refractivity contribution is -0.142. The first-order valence-electron chi connectivity index (χ1n) is 9.44. The first kappa shape index (κ1) is 17.5. The van der Waals surface area contributed by atoms with Crippen LogP contribution in [0.25, 0.3) is 11.1 Å². The Morgan fingerprint density at radius 2 is 1.41 bits per heavy atom. The Hall–Kier alpha value is -2.95. The summed E-state index contributed by atoms with van der Waals surface area (Å²) < 4.78 is 0. The van der Waals surface area contributed by atoms with Crippen LogP contribution in [0.15, 0.2) is 54.6 Å². The lowest BCUT2D eigenvalue weighted by atomic mass is 9.81. The van der Waals surface area contributed by atoms with Gasteiger partial charge in [-0.05, 0) is 36.1 Å². The molecule has 3 amide bonds. The average Bonchev–Trinajstić information content (AvgIpc) is 2.94. The van der Waals surface area contributed by atoms with Gasteiger partial charge in [-0.25, -0.2) is 0 Å². The average molecular weight is 362 g/mol. The van der Waals surface area contributed by atoms with Gasteiger partial charge in [0.05, 0.1) is 11.8 Å². The van der Waals surface area contributed by atoms with Crippen molar-refractivity contribution in [1.82, 2.24) is 4.90 Å². The Bertz CT molecular complexity index is 837. The van der Waals surface area contributed by atoms with Gasteiger partial charge in [0.25, 0.3) is 0 Å². The minimum absolute atomic E-state index is 0.181. The second-order valence-electron chi connectivity index (χ2n) is 7.25. The highest BCUT2D eigenvalue weighted by atomic mass is 16.2. The molecule has 1 N–H and O–H groups in total. The Morgan fingerprint density at radius 1 is 0.852 bits per heavy atom. The van der Waals surface area contributed by atoms with Gasteiger partial charge >= 0.3 is 0 Å². The third-order valence-electron chi connectivity index (χ3n) is 5.51. The molecule has 4 rings (SSSR count). The molecule has 1 saturated heterocycles. The lowest BCUT2D eigenvalue weighted by Crippen LogP contribution is -2.38. The maximum absolute atomic E-state index is 12.5. The molecule has 2 fully saturated rings. The number of hydrogen-bond donors (Lipinski definition) is 1. The Labute approximate surface area is 158 Å². The van der Waals surface area contributed by atoms with Crippen molar-refractivity contribution in [3.8, 4) is 11.1 Å². The van der Waals surface area contributed by atoms with Crippen LogP contribution in [0.5, 0.6) is 0 Å². The van der Waals surface area contributed by atoms with Crippen LogP contribution in [0.3, 0.4) is 0 Å². The molecule has 27 heavy (non-hydrogen) atoms. The SMILES string of the molecule is O=C(CN1C(=O)C2CCCCC2C1=O)Nc1ccc(-c2ccccc2)cc1. The predicted molar refractivity (Wildman–Crippen MR) is 103 cm³/mol. The summed E-state index contributed by atoms with van der Waals surface area (Å²) in [5, 5.41) is 2.78. The van der Waals surface area contributed by atoms with Gasteiger partial charge in [0.15, 0.2) is 0 Å². The summed E-state index contributed by atoms with van der Waals surface area (Å²) in [4.78, 5) is 38.4. The van der Waals surface area contributed by atoms with E-state index in [4.69, 9.17) is 0 Å². The van der Waals surface area contributed by atoms with E-state index in [0.717, 1.165) is 41.7 Å². The largest absolute Gasteiger partial charge is 0.325 e. The van der Waals surface area contributed by atoms with Crippen molar-refractivity contribution in [2.75, 3.05) is 11.9 Å². The first-order valence-corrected chi connectivity index (χ1v) is 9.44. The summed E-state index contributed by atoms with van der Waals surface area (Å²) in [5.41, 5.74) is 2.81. The molecule has 0 aromatic heterocycles. The van der Waals surface area contributed by atoms with Crippen molar-refractivity contribution in [3.63, 3.8) is 0 Å². The fourth-order valence-electron chi connectivity index (χ4n) is 4.11. The molecule has 5 nitrogen and oxygen atoms in total. The quantitative estimate of drug-likeness (QED) is 0.847. The maximum atomic E-state index is 12.5. The second kappa shape index (κ2) is 7.35. The Kier molecular flexibility index (Phi) is 4.75. The van der Waals surface area contributed by atoms with Gasteiger partial charge in [0.1, 0.15) is 6.54 Å². The van der Waals surface area contributed by atoms with Crippen LogP contribution < -0.4 is 5.32 Å². The molecule has 0 spiro atoms. The van der Waals surface area contributed by atoms with Gasteiger partial charge in [-0.15, -0.1) is 0 Å². The normalized spacial score (nSPS) is 21.9. The number of imide groups is 1. The highest BCUT2D eigenvalue weighted by Crippen LogP contribution is 2.37. The van der Waals surface area contributed by atoms with E-state index < -0.39 is 0 Å². The van der Waals surface area contributed by atoms with E-state index in [1.54, 1.807) is 0 Å². The molecule has 1 saturated carbocycles. The minimum atomic E-state index is -0.345. The van der Waals surface area contributed by atoms with Gasteiger partial charge in [-0.2, -0.15) is 0 Å². The van der Waals surface area contributed by atoms with Gasteiger partial charge in [0.2, 0.25) is 17.7 Å². The molecular formula is C22H22N2O3. The molecule has 5 heteroatoms. The highest BCUT2D eigenvalue weighted by Gasteiger charge is 2.48. The van der Waals surface area contributed by atoms with Crippen LogP contribution in [-0.2, 0) is 14.4 Å². The smallest absolute Gasteiger partial charge is 0.244 e. The van der Waals surface area contributed by atoms with E-state index in [2.05, 4.69) is 5.32 Å². The minimum Gasteiger partial charge on any atom is -0.325 e. The number of fused-ring (bicyclic) bond motifs is 1. The van der Waals surface area contributed by atoms with E-state index in [9.17, 15) is 14.4 Å². The summed E-state index contributed by atoms with van der Waals surface area (Å²) in [6.45, 7) is -0.203. The highest BCUT2D eigenvalue weighted by molar-refractivity contribution is 6.08. The number of nitrogens with one attached hydrogen (secondary N) is 1. The predicted octanol–water partition coefficient (Wildman–Crippen LogP) is 3.47. The zero-order valence-corrected chi connectivity index (χ0v) is 15.1. The second-order valence-corrected chi connectivity index (χ2v) is 7.25. The summed E-state index contributed by atoms with van der Waals surface area (Å²) >= 11 is 0. The van der Waals surface area contributed by atoms with Gasteiger partial charge in [0, 0.05) is 5.69 Å². The number of carbonyl (C=O) groups is 3. The molecule has 1 aliphatic heterocycles. The zero-order valence-electron chi connectivity index (χ0n) is 15.1. The summed E-state index contributed by atoms with van der Waals surface area (Å²) in [6, 6.07) is 17.5. The van der Waals surface area contributed by atoms with Crippen LogP contribution in [0.1, 0.15) is 25.7 Å². The number of hydrogen-bond acceptors (Lipinski definition) is 3. The van der Waals surface area contributed by atoms with Crippen molar-refractivity contribution < 1.29 is 14.4 Å². The third-order valence-corrected chi connectivity index (χ3v) is 5.51. The molecule has 1 heterocycles. The molecule has 2 aliphatic rings. The van der Waals surface area contributed by atoms with Crippen LogP contribution in [0, 0.1) is 11.8 Å². The third kappa shape index (κ3) is 3.50. The van der Waals surface area contributed by atoms with Crippen molar-refractivity contribution in [1.29, 1.82) is 0 Å². The fourth-order valence-corrected chi connectivity index (χ4v) is 4.11. The van der Waals surface area contributed by atoms with Crippen molar-refractivity contribution in [2.45, 2.75) is 25.7 Å². The fraction of sp³-hybridized carbons (Fsp3) is 0.318. The standard InChI is InChI=1S/C22H22N2O3/c25-20(14-24-21(26)18-8-4-5-9-19(18)22(24)27)23-17-12-10-16(11-13-17)15-6-2-1-3-7-15/h1-3,6-7,10-13,18-19H,4-5,8-9,14H2,(H,23,25). The number of carbonyl (C=O) groups excluding carboxylic acids is 3. The first-order chi connectivity index (χ1) is 13.1. The molecule has 2 aromatic carbocycles. The van der Waals surface area contributed by atoms with E-state index in [-0.39, 0.29) is 36.1 Å². The van der Waals surface area contributed by atoms with Crippen molar-refractivity contribution in [2.24, 2.45) is 11.8 Å². The van der Waals surface area contributed by atoms with Crippen LogP contribution in [0.4, 0.5) is 5.69 Å². The molecule has 2 atom stereocenters. The Morgan fingerprint density at radius 3 is 2.00 bits per heavy atom. The molecule has 1 aliphatic carbocycles. The molecule has 0 radical (unpaired) electrons. The van der Waals surface area contributed by atoms with E-state index >= 15 is 0 Å². The molecule has 138 valence electrons. The maximum Gasteiger partial charge on any atom is 0.244 e. The number of anilines is 1. The molecule has 2 aromatic rings. The van der Waals surface area contributed by atoms with Gasteiger partial charge in [-0.1, -0.05) is 55.3 Å². The summed E-state index contributed by atoms with van der Waals surface area (Å²) in [5.74, 6) is -1.14. The summed E-state index contributed by atoms with van der Waals surface area (Å²) in [6.07, 6.45) is 3.48. The van der Waals surface area contributed by atoms with E-state index in [1.807, 2.05) is 54.6 Å².